The third-order valence-electron chi connectivity index (χ3n) is 13.3. The summed E-state index contributed by atoms with van der Waals surface area (Å²) in [6, 6.07) is 0. The van der Waals surface area contributed by atoms with Gasteiger partial charge in [0, 0.05) is 23.8 Å². The molecule has 0 radical (unpaired) electrons. The third kappa shape index (κ3) is 9.16. The lowest BCUT2D eigenvalue weighted by molar-refractivity contribution is -0.139. The minimum atomic E-state index is -0.801. The highest BCUT2D eigenvalue weighted by Crippen LogP contribution is 2.67. The number of thioether (sulfide) groups is 1. The number of carbonyl (C=O) groups is 2. The van der Waals surface area contributed by atoms with Crippen molar-refractivity contribution < 1.29 is 19.4 Å². The van der Waals surface area contributed by atoms with Crippen molar-refractivity contribution in [2.45, 2.75) is 169 Å². The van der Waals surface area contributed by atoms with Crippen molar-refractivity contribution >= 4 is 23.6 Å². The standard InChI is InChI=1S/C40H69NO4S/c1-27(2)11-10-12-28(3)32-15-16-33-31-14-13-29-25-30(17-21-39(29,8)34(31)18-22-40(32,33)9)46-26-35(42)41-37(4,5)23-24-45-38(6,7)20-19-36(43)44/h13,27-28,30-34H,10-12,14-26H2,1-9H3,(H,41,42)(H,43,44)/t28-,30?,31?,32-,33+,34+,39+,40-/m1/s1. The molecule has 0 heterocycles. The topological polar surface area (TPSA) is 75.6 Å². The molecule has 0 aromatic rings. The molecular weight excluding hydrogens is 591 g/mol. The first-order valence-electron chi connectivity index (χ1n) is 18.9. The lowest BCUT2D eigenvalue weighted by Gasteiger charge is -2.58. The van der Waals surface area contributed by atoms with Crippen LogP contribution in [-0.4, -0.2) is 45.7 Å². The number of allylic oxidation sites excluding steroid dienone is 2. The lowest BCUT2D eigenvalue weighted by Crippen LogP contribution is -2.50. The van der Waals surface area contributed by atoms with Crippen molar-refractivity contribution in [2.24, 2.45) is 46.3 Å². The number of carboxylic acids is 1. The minimum absolute atomic E-state index is 0.0985. The zero-order valence-corrected chi connectivity index (χ0v) is 31.8. The molecular formula is C40H69NO4S. The smallest absolute Gasteiger partial charge is 0.303 e. The van der Waals surface area contributed by atoms with E-state index in [-0.39, 0.29) is 17.9 Å². The number of carboxylic acid groups (broad SMARTS) is 1. The molecule has 0 spiro atoms. The largest absolute Gasteiger partial charge is 0.481 e. The van der Waals surface area contributed by atoms with Crippen LogP contribution in [0.3, 0.4) is 0 Å². The van der Waals surface area contributed by atoms with Gasteiger partial charge in [-0.3, -0.25) is 9.59 Å². The van der Waals surface area contributed by atoms with E-state index in [2.05, 4.69) is 46.0 Å². The second kappa shape index (κ2) is 15.3. The molecule has 4 aliphatic rings. The van der Waals surface area contributed by atoms with Gasteiger partial charge in [0.25, 0.3) is 0 Å². The maximum Gasteiger partial charge on any atom is 0.303 e. The van der Waals surface area contributed by atoms with Gasteiger partial charge in [0.05, 0.1) is 11.4 Å². The molecule has 4 aliphatic carbocycles. The molecule has 0 aromatic heterocycles. The van der Waals surface area contributed by atoms with E-state index in [1.165, 1.54) is 64.2 Å². The molecule has 3 saturated carbocycles. The summed E-state index contributed by atoms with van der Waals surface area (Å²) in [6.45, 7) is 21.1. The summed E-state index contributed by atoms with van der Waals surface area (Å²) in [6.07, 6.45) is 18.8. The fourth-order valence-electron chi connectivity index (χ4n) is 10.5. The molecule has 0 bridgehead atoms. The predicted octanol–water partition coefficient (Wildman–Crippen LogP) is 10.1. The maximum absolute atomic E-state index is 13.0. The number of rotatable bonds is 16. The highest BCUT2D eigenvalue weighted by Gasteiger charge is 2.59. The van der Waals surface area contributed by atoms with Crippen LogP contribution in [-0.2, 0) is 14.3 Å². The second-order valence-electron chi connectivity index (χ2n) is 18.1. The maximum atomic E-state index is 13.0. The van der Waals surface area contributed by atoms with Crippen LogP contribution < -0.4 is 5.32 Å². The lowest BCUT2D eigenvalue weighted by atomic mass is 9.47. The highest BCUT2D eigenvalue weighted by atomic mass is 32.2. The quantitative estimate of drug-likeness (QED) is 0.161. The Balaban J connectivity index is 1.25. The molecule has 8 atom stereocenters. The first kappa shape index (κ1) is 37.8. The number of fused-ring (bicyclic) bond motifs is 5. The Bertz CT molecular complexity index is 1080. The van der Waals surface area contributed by atoms with Crippen molar-refractivity contribution in [3.63, 3.8) is 0 Å². The first-order valence-corrected chi connectivity index (χ1v) is 20.0. The molecule has 0 aliphatic heterocycles. The third-order valence-corrected chi connectivity index (χ3v) is 14.7. The van der Waals surface area contributed by atoms with Crippen LogP contribution in [0.5, 0.6) is 0 Å². The van der Waals surface area contributed by atoms with Crippen molar-refractivity contribution in [3.05, 3.63) is 11.6 Å². The number of nitrogens with one attached hydrogen (secondary N) is 1. The van der Waals surface area contributed by atoms with Gasteiger partial charge in [-0.1, -0.05) is 65.5 Å². The fraction of sp³-hybridized carbons (Fsp3) is 0.900. The SMILES string of the molecule is CC(C)CCC[C@@H](C)[C@H]1CC[C@H]2C3CC=C4CC(SCC(=O)NC(C)(C)CCOC(C)(C)CCC(=O)O)CC[C@]4(C)[C@H]3CC[C@]12C. The molecule has 0 saturated heterocycles. The normalized spacial score (nSPS) is 33.5. The first-order chi connectivity index (χ1) is 21.5. The number of amides is 1. The van der Waals surface area contributed by atoms with E-state index >= 15 is 0 Å². The summed E-state index contributed by atoms with van der Waals surface area (Å²) in [5.74, 6) is 5.01. The average Bonchev–Trinajstić information content (AvgIpc) is 3.31. The van der Waals surface area contributed by atoms with E-state index in [0.29, 0.717) is 41.3 Å². The summed E-state index contributed by atoms with van der Waals surface area (Å²) in [7, 11) is 0. The number of hydrogen-bond donors (Lipinski definition) is 2. The average molecular weight is 660 g/mol. The van der Waals surface area contributed by atoms with E-state index in [1.807, 2.05) is 39.5 Å². The van der Waals surface area contributed by atoms with Crippen LogP contribution in [0.25, 0.3) is 0 Å². The predicted molar refractivity (Wildman–Crippen MR) is 193 cm³/mol. The van der Waals surface area contributed by atoms with Crippen molar-refractivity contribution in [1.82, 2.24) is 5.32 Å². The van der Waals surface area contributed by atoms with Crippen molar-refractivity contribution in [1.29, 1.82) is 0 Å². The van der Waals surface area contributed by atoms with Crippen LogP contribution in [0.4, 0.5) is 0 Å². The molecule has 3 fully saturated rings. The molecule has 2 unspecified atom stereocenters. The van der Waals surface area contributed by atoms with Gasteiger partial charge in [-0.05, 0) is 138 Å². The molecule has 264 valence electrons. The molecule has 5 nitrogen and oxygen atoms in total. The van der Waals surface area contributed by atoms with Crippen LogP contribution in [0.15, 0.2) is 11.6 Å². The van der Waals surface area contributed by atoms with Gasteiger partial charge in [-0.2, -0.15) is 0 Å². The second-order valence-corrected chi connectivity index (χ2v) is 19.4. The van der Waals surface area contributed by atoms with Crippen molar-refractivity contribution in [3.8, 4) is 0 Å². The Hall–Kier alpha value is -1.01. The van der Waals surface area contributed by atoms with Crippen LogP contribution in [0.1, 0.15) is 152 Å². The van der Waals surface area contributed by atoms with E-state index in [4.69, 9.17) is 9.84 Å². The van der Waals surface area contributed by atoms with E-state index in [0.717, 1.165) is 41.9 Å². The van der Waals surface area contributed by atoms with Gasteiger partial charge in [-0.15, -0.1) is 11.8 Å². The summed E-state index contributed by atoms with van der Waals surface area (Å²) in [4.78, 5) is 23.9. The zero-order chi connectivity index (χ0) is 33.9. The monoisotopic (exact) mass is 659 g/mol. The van der Waals surface area contributed by atoms with Crippen molar-refractivity contribution in [2.75, 3.05) is 12.4 Å². The summed E-state index contributed by atoms with van der Waals surface area (Å²) in [5, 5.41) is 12.7. The zero-order valence-electron chi connectivity index (χ0n) is 31.0. The highest BCUT2D eigenvalue weighted by molar-refractivity contribution is 8.00. The van der Waals surface area contributed by atoms with E-state index in [1.54, 1.807) is 5.57 Å². The minimum Gasteiger partial charge on any atom is -0.481 e. The van der Waals surface area contributed by atoms with Gasteiger partial charge in [0.15, 0.2) is 0 Å². The Labute approximate surface area is 286 Å². The summed E-state index contributed by atoms with van der Waals surface area (Å²) >= 11 is 1.85. The molecule has 6 heteroatoms. The number of carbonyl (C=O) groups excluding carboxylic acids is 1. The van der Waals surface area contributed by atoms with Gasteiger partial charge in [0.2, 0.25) is 5.91 Å². The summed E-state index contributed by atoms with van der Waals surface area (Å²) < 4.78 is 5.99. The Morgan fingerprint density at radius 2 is 1.76 bits per heavy atom. The van der Waals surface area contributed by atoms with Crippen LogP contribution >= 0.6 is 11.8 Å². The summed E-state index contributed by atoms with van der Waals surface area (Å²) in [5.41, 5.74) is 1.75. The van der Waals surface area contributed by atoms with Crippen LogP contribution in [0, 0.1) is 46.3 Å². The van der Waals surface area contributed by atoms with Gasteiger partial charge < -0.3 is 15.2 Å². The number of ether oxygens (including phenoxy) is 1. The van der Waals surface area contributed by atoms with E-state index < -0.39 is 11.6 Å². The number of hydrogen-bond acceptors (Lipinski definition) is 4. The molecule has 2 N–H and O–H groups in total. The Morgan fingerprint density at radius 3 is 2.46 bits per heavy atom. The van der Waals surface area contributed by atoms with Crippen LogP contribution in [0.2, 0.25) is 0 Å². The Morgan fingerprint density at radius 1 is 1.02 bits per heavy atom. The van der Waals surface area contributed by atoms with E-state index in [9.17, 15) is 9.59 Å². The Kier molecular flexibility index (Phi) is 12.5. The van der Waals surface area contributed by atoms with Gasteiger partial charge in [-0.25, -0.2) is 0 Å². The van der Waals surface area contributed by atoms with Gasteiger partial charge in [0.1, 0.15) is 0 Å². The fourth-order valence-corrected chi connectivity index (χ4v) is 11.6. The van der Waals surface area contributed by atoms with Gasteiger partial charge >= 0.3 is 5.97 Å². The molecule has 0 aromatic carbocycles. The number of aliphatic carboxylic acids is 1. The molecule has 46 heavy (non-hydrogen) atoms. The molecule has 1 amide bonds. The molecule has 4 rings (SSSR count).